The fourth-order valence-corrected chi connectivity index (χ4v) is 3.18. The van der Waals surface area contributed by atoms with E-state index in [2.05, 4.69) is 19.9 Å². The Hall–Kier alpha value is -1.02. The summed E-state index contributed by atoms with van der Waals surface area (Å²) in [6.07, 6.45) is 4.94. The predicted octanol–water partition coefficient (Wildman–Crippen LogP) is 3.40. The number of aromatic hydroxyl groups is 1. The van der Waals surface area contributed by atoms with Crippen molar-refractivity contribution >= 4 is 0 Å². The Morgan fingerprint density at radius 2 is 1.94 bits per heavy atom. The number of phenolic OH excluding ortho intramolecular Hbond substituents is 1. The van der Waals surface area contributed by atoms with Crippen LogP contribution in [0.1, 0.15) is 51.0 Å². The number of hydrogen-bond donors (Lipinski definition) is 2. The molecule has 1 aromatic rings. The number of benzene rings is 1. The molecule has 2 atom stereocenters. The molecule has 0 saturated heterocycles. The second-order valence-electron chi connectivity index (χ2n) is 5.91. The third-order valence-electron chi connectivity index (χ3n) is 4.02. The van der Waals surface area contributed by atoms with Crippen LogP contribution in [-0.2, 0) is 0 Å². The summed E-state index contributed by atoms with van der Waals surface area (Å²) in [6.45, 7) is 4.25. The van der Waals surface area contributed by atoms with E-state index >= 15 is 0 Å². The summed E-state index contributed by atoms with van der Waals surface area (Å²) in [4.78, 5) is 0. The van der Waals surface area contributed by atoms with E-state index in [-0.39, 0.29) is 5.54 Å². The van der Waals surface area contributed by atoms with E-state index < -0.39 is 0 Å². The predicted molar refractivity (Wildman–Crippen MR) is 71.1 cm³/mol. The molecule has 94 valence electrons. The van der Waals surface area contributed by atoms with Gasteiger partial charge in [0, 0.05) is 5.54 Å². The SMILES string of the molecule is CC(C)(N)C1CCCCC1c1cccc(O)c1. The van der Waals surface area contributed by atoms with Crippen LogP contribution in [0, 0.1) is 5.92 Å². The number of phenols is 1. The summed E-state index contributed by atoms with van der Waals surface area (Å²) < 4.78 is 0. The lowest BCUT2D eigenvalue weighted by molar-refractivity contribution is 0.205. The average Bonchev–Trinajstić information content (AvgIpc) is 2.28. The zero-order chi connectivity index (χ0) is 12.5. The molecule has 3 N–H and O–H groups in total. The highest BCUT2D eigenvalue weighted by molar-refractivity contribution is 5.31. The zero-order valence-electron chi connectivity index (χ0n) is 10.8. The summed E-state index contributed by atoms with van der Waals surface area (Å²) in [6, 6.07) is 7.68. The standard InChI is InChI=1S/C15H23NO/c1-15(2,16)14-9-4-3-8-13(14)11-6-5-7-12(17)10-11/h5-7,10,13-14,17H,3-4,8-9,16H2,1-2H3. The van der Waals surface area contributed by atoms with Crippen molar-refractivity contribution in [1.82, 2.24) is 0 Å². The minimum Gasteiger partial charge on any atom is -0.508 e. The highest BCUT2D eigenvalue weighted by Gasteiger charge is 2.35. The molecule has 0 bridgehead atoms. The third kappa shape index (κ3) is 2.81. The van der Waals surface area contributed by atoms with E-state index in [9.17, 15) is 5.11 Å². The molecule has 0 spiro atoms. The first-order valence-electron chi connectivity index (χ1n) is 6.56. The van der Waals surface area contributed by atoms with Crippen molar-refractivity contribution in [2.75, 3.05) is 0 Å². The van der Waals surface area contributed by atoms with Gasteiger partial charge >= 0.3 is 0 Å². The van der Waals surface area contributed by atoms with Crippen LogP contribution in [0.25, 0.3) is 0 Å². The minimum absolute atomic E-state index is 0.142. The van der Waals surface area contributed by atoms with Crippen LogP contribution in [0.2, 0.25) is 0 Å². The normalized spacial score (nSPS) is 25.8. The molecule has 1 aromatic carbocycles. The lowest BCUT2D eigenvalue weighted by atomic mass is 9.68. The molecule has 1 saturated carbocycles. The van der Waals surface area contributed by atoms with Crippen LogP contribution in [-0.4, -0.2) is 10.6 Å². The van der Waals surface area contributed by atoms with Gasteiger partial charge in [-0.15, -0.1) is 0 Å². The van der Waals surface area contributed by atoms with Crippen molar-refractivity contribution in [3.63, 3.8) is 0 Å². The Kier molecular flexibility index (Phi) is 3.43. The highest BCUT2D eigenvalue weighted by Crippen LogP contribution is 2.42. The Morgan fingerprint density at radius 1 is 1.24 bits per heavy atom. The van der Waals surface area contributed by atoms with Gasteiger partial charge in [0.05, 0.1) is 0 Å². The van der Waals surface area contributed by atoms with E-state index in [0.29, 0.717) is 17.6 Å². The molecule has 0 aromatic heterocycles. The number of rotatable bonds is 2. The van der Waals surface area contributed by atoms with E-state index in [1.807, 2.05) is 12.1 Å². The van der Waals surface area contributed by atoms with E-state index in [1.165, 1.54) is 31.2 Å². The van der Waals surface area contributed by atoms with Crippen molar-refractivity contribution in [1.29, 1.82) is 0 Å². The molecule has 2 rings (SSSR count). The van der Waals surface area contributed by atoms with Gasteiger partial charge in [0.1, 0.15) is 5.75 Å². The van der Waals surface area contributed by atoms with Gasteiger partial charge in [-0.3, -0.25) is 0 Å². The molecule has 2 nitrogen and oxygen atoms in total. The molecule has 0 heterocycles. The summed E-state index contributed by atoms with van der Waals surface area (Å²) in [5.74, 6) is 1.37. The molecule has 0 amide bonds. The quantitative estimate of drug-likeness (QED) is 0.822. The van der Waals surface area contributed by atoms with Gasteiger partial charge in [0.2, 0.25) is 0 Å². The third-order valence-corrected chi connectivity index (χ3v) is 4.02. The summed E-state index contributed by atoms with van der Waals surface area (Å²) in [5.41, 5.74) is 7.41. The maximum atomic E-state index is 9.60. The Morgan fingerprint density at radius 3 is 2.59 bits per heavy atom. The van der Waals surface area contributed by atoms with Gasteiger partial charge in [0.15, 0.2) is 0 Å². The number of nitrogens with two attached hydrogens (primary N) is 1. The van der Waals surface area contributed by atoms with Crippen molar-refractivity contribution in [3.05, 3.63) is 29.8 Å². The van der Waals surface area contributed by atoms with Crippen molar-refractivity contribution < 1.29 is 5.11 Å². The molecule has 1 aliphatic carbocycles. The minimum atomic E-state index is -0.142. The molecule has 0 aliphatic heterocycles. The van der Waals surface area contributed by atoms with Crippen LogP contribution < -0.4 is 5.73 Å². The van der Waals surface area contributed by atoms with Crippen LogP contribution in [0.5, 0.6) is 5.75 Å². The Labute approximate surface area is 104 Å². The van der Waals surface area contributed by atoms with E-state index in [1.54, 1.807) is 6.07 Å². The molecular weight excluding hydrogens is 210 g/mol. The maximum absolute atomic E-state index is 9.60. The summed E-state index contributed by atoms with van der Waals surface area (Å²) in [7, 11) is 0. The topological polar surface area (TPSA) is 46.2 Å². The monoisotopic (exact) mass is 233 g/mol. The van der Waals surface area contributed by atoms with E-state index in [0.717, 1.165) is 0 Å². The maximum Gasteiger partial charge on any atom is 0.115 e. The van der Waals surface area contributed by atoms with Gasteiger partial charge < -0.3 is 10.8 Å². The Bertz CT molecular complexity index is 381. The molecule has 2 unspecified atom stereocenters. The van der Waals surface area contributed by atoms with Crippen molar-refractivity contribution in [2.24, 2.45) is 11.7 Å². The first-order chi connectivity index (χ1) is 7.98. The van der Waals surface area contributed by atoms with Crippen molar-refractivity contribution in [2.45, 2.75) is 51.0 Å². The molecule has 2 heteroatoms. The summed E-state index contributed by atoms with van der Waals surface area (Å²) in [5, 5.41) is 9.60. The second-order valence-corrected chi connectivity index (χ2v) is 5.91. The largest absolute Gasteiger partial charge is 0.508 e. The molecular formula is C15H23NO. The molecule has 17 heavy (non-hydrogen) atoms. The molecule has 1 fully saturated rings. The second kappa shape index (κ2) is 4.69. The average molecular weight is 233 g/mol. The van der Waals surface area contributed by atoms with Gasteiger partial charge in [-0.1, -0.05) is 25.0 Å². The van der Waals surface area contributed by atoms with Crippen LogP contribution >= 0.6 is 0 Å². The van der Waals surface area contributed by atoms with Gasteiger partial charge in [-0.2, -0.15) is 0 Å². The van der Waals surface area contributed by atoms with Crippen molar-refractivity contribution in [3.8, 4) is 5.75 Å². The lowest BCUT2D eigenvalue weighted by Gasteiger charge is -2.40. The zero-order valence-corrected chi connectivity index (χ0v) is 10.8. The van der Waals surface area contributed by atoms with Crippen LogP contribution in [0.4, 0.5) is 0 Å². The number of hydrogen-bond acceptors (Lipinski definition) is 2. The van der Waals surface area contributed by atoms with Crippen LogP contribution in [0.3, 0.4) is 0 Å². The van der Waals surface area contributed by atoms with Crippen LogP contribution in [0.15, 0.2) is 24.3 Å². The van der Waals surface area contributed by atoms with Gasteiger partial charge in [0.25, 0.3) is 0 Å². The van der Waals surface area contributed by atoms with Gasteiger partial charge in [-0.05, 0) is 56.2 Å². The Balaban J connectivity index is 2.28. The van der Waals surface area contributed by atoms with E-state index in [4.69, 9.17) is 5.73 Å². The fraction of sp³-hybridized carbons (Fsp3) is 0.600. The summed E-state index contributed by atoms with van der Waals surface area (Å²) >= 11 is 0. The van der Waals surface area contributed by atoms with Gasteiger partial charge in [-0.25, -0.2) is 0 Å². The fourth-order valence-electron chi connectivity index (χ4n) is 3.18. The lowest BCUT2D eigenvalue weighted by Crippen LogP contribution is -2.45. The molecule has 1 aliphatic rings. The smallest absolute Gasteiger partial charge is 0.115 e. The highest BCUT2D eigenvalue weighted by atomic mass is 16.3. The molecule has 0 radical (unpaired) electrons. The first-order valence-corrected chi connectivity index (χ1v) is 6.56. The first kappa shape index (κ1) is 12.4.